The summed E-state index contributed by atoms with van der Waals surface area (Å²) < 4.78 is 10.8. The van der Waals surface area contributed by atoms with E-state index in [1.165, 1.54) is 0 Å². The van der Waals surface area contributed by atoms with E-state index in [0.29, 0.717) is 36.9 Å². The van der Waals surface area contributed by atoms with Crippen molar-refractivity contribution in [2.24, 2.45) is 11.3 Å². The third-order valence-corrected chi connectivity index (χ3v) is 7.42. The fraction of sp³-hybridized carbons (Fsp3) is 0.640. The van der Waals surface area contributed by atoms with Crippen LogP contribution >= 0.6 is 0 Å². The monoisotopic (exact) mass is 459 g/mol. The minimum atomic E-state index is -0.861. The maximum Gasteiger partial charge on any atom is 0.325 e. The molecule has 4 amide bonds. The Labute approximate surface area is 196 Å². The molecule has 0 radical (unpaired) electrons. The highest BCUT2D eigenvalue weighted by molar-refractivity contribution is 6.09. The second-order valence-electron chi connectivity index (χ2n) is 9.71. The minimum absolute atomic E-state index is 0.219. The molecule has 2 fully saturated rings. The SMILES string of the molecule is CCOc1ccc(CNC(=O)CN2C(=O)NC3(CCC(C(C)(C)CC)CC3)C2=O)cc1OC. The average molecular weight is 460 g/mol. The van der Waals surface area contributed by atoms with Crippen LogP contribution in [0.25, 0.3) is 0 Å². The quantitative estimate of drug-likeness (QED) is 0.550. The van der Waals surface area contributed by atoms with Gasteiger partial charge in [0.15, 0.2) is 11.5 Å². The maximum absolute atomic E-state index is 13.1. The van der Waals surface area contributed by atoms with Crippen molar-refractivity contribution in [2.45, 2.75) is 71.9 Å². The second kappa shape index (κ2) is 10.0. The molecule has 1 saturated carbocycles. The van der Waals surface area contributed by atoms with Crippen LogP contribution < -0.4 is 20.1 Å². The van der Waals surface area contributed by atoms with Crippen LogP contribution in [0, 0.1) is 11.3 Å². The first kappa shape index (κ1) is 24.9. The number of urea groups is 1. The number of methoxy groups -OCH3 is 1. The molecule has 2 aliphatic rings. The van der Waals surface area contributed by atoms with Gasteiger partial charge < -0.3 is 20.1 Å². The molecule has 2 N–H and O–H groups in total. The zero-order chi connectivity index (χ0) is 24.2. The van der Waals surface area contributed by atoms with Crippen LogP contribution in [0.2, 0.25) is 0 Å². The molecule has 0 atom stereocenters. The third-order valence-electron chi connectivity index (χ3n) is 7.42. The smallest absolute Gasteiger partial charge is 0.325 e. The van der Waals surface area contributed by atoms with Crippen LogP contribution in [0.15, 0.2) is 18.2 Å². The van der Waals surface area contributed by atoms with E-state index in [9.17, 15) is 14.4 Å². The largest absolute Gasteiger partial charge is 0.493 e. The van der Waals surface area contributed by atoms with Gasteiger partial charge in [-0.3, -0.25) is 14.5 Å². The van der Waals surface area contributed by atoms with Crippen molar-refractivity contribution >= 4 is 17.8 Å². The Bertz CT molecular complexity index is 890. The maximum atomic E-state index is 13.1. The van der Waals surface area contributed by atoms with E-state index < -0.39 is 11.6 Å². The van der Waals surface area contributed by atoms with Gasteiger partial charge in [-0.2, -0.15) is 0 Å². The molecule has 8 nitrogen and oxygen atoms in total. The van der Waals surface area contributed by atoms with Crippen LogP contribution in [0.1, 0.15) is 65.4 Å². The molecule has 1 heterocycles. The Morgan fingerprint density at radius 1 is 1.21 bits per heavy atom. The van der Waals surface area contributed by atoms with Crippen LogP contribution in [0.4, 0.5) is 4.79 Å². The predicted octanol–water partition coefficient (Wildman–Crippen LogP) is 3.63. The summed E-state index contributed by atoms with van der Waals surface area (Å²) in [5.41, 5.74) is 0.186. The summed E-state index contributed by atoms with van der Waals surface area (Å²) in [7, 11) is 1.56. The zero-order valence-corrected chi connectivity index (χ0v) is 20.5. The van der Waals surface area contributed by atoms with E-state index in [1.807, 2.05) is 13.0 Å². The van der Waals surface area contributed by atoms with E-state index in [-0.39, 0.29) is 30.3 Å². The third kappa shape index (κ3) is 5.25. The number of hydrogen-bond donors (Lipinski definition) is 2. The summed E-state index contributed by atoms with van der Waals surface area (Å²) in [6, 6.07) is 4.95. The summed E-state index contributed by atoms with van der Waals surface area (Å²) in [4.78, 5) is 39.3. The van der Waals surface area contributed by atoms with Gasteiger partial charge in [0.25, 0.3) is 5.91 Å². The number of ether oxygens (including phenoxy) is 2. The number of amides is 4. The summed E-state index contributed by atoms with van der Waals surface area (Å²) in [6.07, 6.45) is 4.11. The Morgan fingerprint density at radius 2 is 1.91 bits per heavy atom. The molecule has 1 aliphatic carbocycles. The lowest BCUT2D eigenvalue weighted by Gasteiger charge is -2.42. The van der Waals surface area contributed by atoms with Gasteiger partial charge in [-0.25, -0.2) is 4.79 Å². The van der Waals surface area contributed by atoms with Gasteiger partial charge >= 0.3 is 6.03 Å². The Hall–Kier alpha value is -2.77. The summed E-state index contributed by atoms with van der Waals surface area (Å²) >= 11 is 0. The topological polar surface area (TPSA) is 97.0 Å². The molecule has 1 spiro atoms. The average Bonchev–Trinajstić information content (AvgIpc) is 3.02. The van der Waals surface area contributed by atoms with E-state index in [0.717, 1.165) is 29.7 Å². The Morgan fingerprint density at radius 3 is 2.52 bits per heavy atom. The highest BCUT2D eigenvalue weighted by atomic mass is 16.5. The molecular formula is C25H37N3O5. The molecule has 0 bridgehead atoms. The van der Waals surface area contributed by atoms with Gasteiger partial charge in [0.2, 0.25) is 5.91 Å². The molecule has 0 aromatic heterocycles. The van der Waals surface area contributed by atoms with Crippen molar-refractivity contribution in [3.63, 3.8) is 0 Å². The first-order valence-electron chi connectivity index (χ1n) is 11.9. The van der Waals surface area contributed by atoms with Gasteiger partial charge in [0, 0.05) is 6.54 Å². The Balaban J connectivity index is 1.56. The molecule has 1 aromatic rings. The minimum Gasteiger partial charge on any atom is -0.493 e. The first-order chi connectivity index (χ1) is 15.7. The zero-order valence-electron chi connectivity index (χ0n) is 20.5. The standard InChI is InChI=1S/C25H37N3O5/c1-6-24(3,4)18-10-12-25(13-11-18)22(30)28(23(31)27-25)16-21(29)26-15-17-8-9-19(33-7-2)20(14-17)32-5/h8-9,14,18H,6-7,10-13,15-16H2,1-5H3,(H,26,29)(H,27,31). The van der Waals surface area contributed by atoms with E-state index in [4.69, 9.17) is 9.47 Å². The van der Waals surface area contributed by atoms with Gasteiger partial charge in [-0.15, -0.1) is 0 Å². The number of rotatable bonds is 9. The molecule has 182 valence electrons. The number of carbonyl (C=O) groups excluding carboxylic acids is 3. The lowest BCUT2D eigenvalue weighted by molar-refractivity contribution is -0.136. The van der Waals surface area contributed by atoms with Crippen LogP contribution in [-0.2, 0) is 16.1 Å². The fourth-order valence-electron chi connectivity index (χ4n) is 4.84. The van der Waals surface area contributed by atoms with E-state index >= 15 is 0 Å². The van der Waals surface area contributed by atoms with Gasteiger partial charge in [-0.1, -0.05) is 33.3 Å². The molecule has 8 heteroatoms. The number of imide groups is 1. The fourth-order valence-corrected chi connectivity index (χ4v) is 4.84. The summed E-state index contributed by atoms with van der Waals surface area (Å²) in [5.74, 6) is 1.09. The van der Waals surface area contributed by atoms with E-state index in [2.05, 4.69) is 31.4 Å². The molecule has 33 heavy (non-hydrogen) atoms. The van der Waals surface area contributed by atoms with Crippen molar-refractivity contribution < 1.29 is 23.9 Å². The van der Waals surface area contributed by atoms with Crippen molar-refractivity contribution in [3.8, 4) is 11.5 Å². The van der Waals surface area contributed by atoms with Crippen molar-refractivity contribution in [3.05, 3.63) is 23.8 Å². The van der Waals surface area contributed by atoms with Crippen LogP contribution in [-0.4, -0.2) is 48.5 Å². The van der Waals surface area contributed by atoms with Gasteiger partial charge in [-0.05, 0) is 61.6 Å². The number of nitrogens with one attached hydrogen (secondary N) is 2. The number of nitrogens with zero attached hydrogens (tertiary/aromatic N) is 1. The number of carbonyl (C=O) groups is 3. The lowest BCUT2D eigenvalue weighted by Crippen LogP contribution is -2.51. The number of benzene rings is 1. The molecule has 3 rings (SSSR count). The second-order valence-corrected chi connectivity index (χ2v) is 9.71. The normalized spacial score (nSPS) is 22.9. The van der Waals surface area contributed by atoms with Crippen molar-refractivity contribution in [2.75, 3.05) is 20.3 Å². The highest BCUT2D eigenvalue weighted by Crippen LogP contribution is 2.45. The predicted molar refractivity (Wildman–Crippen MR) is 125 cm³/mol. The summed E-state index contributed by atoms with van der Waals surface area (Å²) in [5, 5.41) is 5.68. The number of hydrogen-bond acceptors (Lipinski definition) is 5. The highest BCUT2D eigenvalue weighted by Gasteiger charge is 2.53. The van der Waals surface area contributed by atoms with Crippen LogP contribution in [0.5, 0.6) is 11.5 Å². The summed E-state index contributed by atoms with van der Waals surface area (Å²) in [6.45, 7) is 9.11. The molecule has 1 saturated heterocycles. The van der Waals surface area contributed by atoms with E-state index in [1.54, 1.807) is 19.2 Å². The lowest BCUT2D eigenvalue weighted by atomic mass is 9.65. The first-order valence-corrected chi connectivity index (χ1v) is 11.9. The van der Waals surface area contributed by atoms with Gasteiger partial charge in [0.1, 0.15) is 12.1 Å². The Kier molecular flexibility index (Phi) is 7.55. The van der Waals surface area contributed by atoms with Crippen molar-refractivity contribution in [1.82, 2.24) is 15.5 Å². The van der Waals surface area contributed by atoms with Crippen LogP contribution in [0.3, 0.4) is 0 Å². The molecular weight excluding hydrogens is 422 g/mol. The van der Waals surface area contributed by atoms with Gasteiger partial charge in [0.05, 0.1) is 13.7 Å². The molecule has 0 unspecified atom stereocenters. The van der Waals surface area contributed by atoms with Crippen molar-refractivity contribution in [1.29, 1.82) is 0 Å². The molecule has 1 aliphatic heterocycles. The molecule has 1 aromatic carbocycles.